The summed E-state index contributed by atoms with van der Waals surface area (Å²) in [4.78, 5) is 4.37. The van der Waals surface area contributed by atoms with Crippen LogP contribution in [0.25, 0.3) is 10.9 Å². The van der Waals surface area contributed by atoms with Gasteiger partial charge < -0.3 is 9.47 Å². The first-order valence-corrected chi connectivity index (χ1v) is 5.70. The molecule has 0 amide bonds. The molecule has 0 bridgehead atoms. The van der Waals surface area contributed by atoms with Crippen molar-refractivity contribution in [2.45, 2.75) is 13.0 Å². The predicted molar refractivity (Wildman–Crippen MR) is 68.4 cm³/mol. The van der Waals surface area contributed by atoms with Gasteiger partial charge in [0.1, 0.15) is 17.7 Å². The number of para-hydroxylation sites is 1. The molecule has 18 heavy (non-hydrogen) atoms. The minimum Gasteiger partial charge on any atom is -0.471 e. The van der Waals surface area contributed by atoms with E-state index in [1.165, 1.54) is 0 Å². The van der Waals surface area contributed by atoms with Crippen molar-refractivity contribution in [3.63, 3.8) is 0 Å². The van der Waals surface area contributed by atoms with E-state index < -0.39 is 0 Å². The quantitative estimate of drug-likeness (QED) is 0.826. The molecule has 2 rings (SSSR count). The molecule has 1 atom stereocenters. The molecule has 1 aromatic carbocycles. The molecule has 0 aliphatic rings. The minimum absolute atomic E-state index is 0.143. The Morgan fingerprint density at radius 1 is 1.39 bits per heavy atom. The first-order valence-electron chi connectivity index (χ1n) is 5.70. The van der Waals surface area contributed by atoms with Gasteiger partial charge in [0.15, 0.2) is 0 Å². The summed E-state index contributed by atoms with van der Waals surface area (Å²) in [5, 5.41) is 10.1. The highest BCUT2D eigenvalue weighted by molar-refractivity contribution is 5.80. The van der Waals surface area contributed by atoms with Gasteiger partial charge in [-0.1, -0.05) is 18.2 Å². The van der Waals surface area contributed by atoms with Crippen LogP contribution >= 0.6 is 0 Å². The Labute approximate surface area is 106 Å². The Hall–Kier alpha value is -2.12. The van der Waals surface area contributed by atoms with E-state index >= 15 is 0 Å². The molecule has 0 aliphatic heterocycles. The summed E-state index contributed by atoms with van der Waals surface area (Å²) in [5.41, 5.74) is 1.26. The van der Waals surface area contributed by atoms with E-state index in [2.05, 4.69) is 11.1 Å². The Morgan fingerprint density at radius 3 is 2.89 bits per heavy atom. The number of ether oxygens (including phenoxy) is 2. The zero-order valence-corrected chi connectivity index (χ0v) is 10.4. The highest BCUT2D eigenvalue weighted by Crippen LogP contribution is 2.22. The second-order valence-corrected chi connectivity index (χ2v) is 4.03. The van der Waals surface area contributed by atoms with Crippen LogP contribution in [-0.4, -0.2) is 24.8 Å². The van der Waals surface area contributed by atoms with Crippen LogP contribution in [0.4, 0.5) is 0 Å². The van der Waals surface area contributed by atoms with Gasteiger partial charge in [-0.15, -0.1) is 0 Å². The predicted octanol–water partition coefficient (Wildman–Crippen LogP) is 2.52. The van der Waals surface area contributed by atoms with E-state index in [1.54, 1.807) is 13.2 Å². The maximum atomic E-state index is 9.12. The topological polar surface area (TPSA) is 55.1 Å². The van der Waals surface area contributed by atoms with Crippen LogP contribution < -0.4 is 4.74 Å². The third kappa shape index (κ3) is 2.58. The summed E-state index contributed by atoms with van der Waals surface area (Å²) in [6.07, 6.45) is -0.143. The monoisotopic (exact) mass is 242 g/mol. The molecule has 1 unspecified atom stereocenters. The molecule has 1 aromatic heterocycles. The van der Waals surface area contributed by atoms with Crippen molar-refractivity contribution in [2.75, 3.05) is 13.7 Å². The van der Waals surface area contributed by atoms with Gasteiger partial charge in [-0.05, 0) is 19.1 Å². The zero-order chi connectivity index (χ0) is 13.0. The number of benzene rings is 1. The van der Waals surface area contributed by atoms with E-state index in [9.17, 15) is 0 Å². The molecule has 4 nitrogen and oxygen atoms in total. The lowest BCUT2D eigenvalue weighted by Crippen LogP contribution is -2.19. The molecule has 1 heterocycles. The minimum atomic E-state index is -0.143. The number of nitrogens with zero attached hydrogens (tertiary/aromatic N) is 2. The molecule has 4 heteroatoms. The van der Waals surface area contributed by atoms with E-state index in [0.717, 1.165) is 10.9 Å². The molecule has 0 fully saturated rings. The van der Waals surface area contributed by atoms with Crippen molar-refractivity contribution in [3.8, 4) is 11.9 Å². The molecule has 0 radical (unpaired) electrons. The zero-order valence-electron chi connectivity index (χ0n) is 10.4. The van der Waals surface area contributed by atoms with Crippen molar-refractivity contribution in [1.82, 2.24) is 4.98 Å². The van der Waals surface area contributed by atoms with Gasteiger partial charge in [-0.25, -0.2) is 4.98 Å². The van der Waals surface area contributed by atoms with Crippen molar-refractivity contribution >= 4 is 10.9 Å². The maximum Gasteiger partial charge on any atom is 0.232 e. The maximum absolute atomic E-state index is 9.12. The van der Waals surface area contributed by atoms with E-state index in [0.29, 0.717) is 18.1 Å². The number of fused-ring (bicyclic) bond motifs is 1. The number of methoxy groups -OCH3 is 1. The van der Waals surface area contributed by atoms with Crippen LogP contribution in [0.3, 0.4) is 0 Å². The fourth-order valence-electron chi connectivity index (χ4n) is 1.73. The first-order chi connectivity index (χ1) is 8.74. The van der Waals surface area contributed by atoms with Crippen LogP contribution in [0.2, 0.25) is 0 Å². The van der Waals surface area contributed by atoms with Gasteiger partial charge in [0.25, 0.3) is 0 Å². The highest BCUT2D eigenvalue weighted by Gasteiger charge is 2.11. The summed E-state index contributed by atoms with van der Waals surface area (Å²) < 4.78 is 10.6. The van der Waals surface area contributed by atoms with E-state index in [-0.39, 0.29) is 6.10 Å². The lowest BCUT2D eigenvalue weighted by atomic mass is 10.1. The smallest absolute Gasteiger partial charge is 0.232 e. The number of pyridine rings is 1. The standard InChI is InChI=1S/C14H14N2O2/c1-10(9-17-2)18-14-12(8-15)7-11-5-3-4-6-13(11)16-14/h3-7,10H,9H2,1-2H3. The number of hydrogen-bond acceptors (Lipinski definition) is 4. The number of aromatic nitrogens is 1. The average Bonchev–Trinajstić information content (AvgIpc) is 2.38. The summed E-state index contributed by atoms with van der Waals surface area (Å²) in [7, 11) is 1.61. The Morgan fingerprint density at radius 2 is 2.17 bits per heavy atom. The molecule has 0 aliphatic carbocycles. The number of rotatable bonds is 4. The Bertz CT molecular complexity index is 590. The molecule has 92 valence electrons. The summed E-state index contributed by atoms with van der Waals surface area (Å²) in [5.74, 6) is 0.362. The molecule has 0 spiro atoms. The fourth-order valence-corrected chi connectivity index (χ4v) is 1.73. The first kappa shape index (κ1) is 12.3. The largest absolute Gasteiger partial charge is 0.471 e. The van der Waals surface area contributed by atoms with Gasteiger partial charge in [0.05, 0.1) is 12.1 Å². The second-order valence-electron chi connectivity index (χ2n) is 4.03. The van der Waals surface area contributed by atoms with E-state index in [1.807, 2.05) is 31.2 Å². The van der Waals surface area contributed by atoms with E-state index in [4.69, 9.17) is 14.7 Å². The van der Waals surface area contributed by atoms with Crippen molar-refractivity contribution < 1.29 is 9.47 Å². The molecule has 0 saturated heterocycles. The van der Waals surface area contributed by atoms with Crippen molar-refractivity contribution in [3.05, 3.63) is 35.9 Å². The fraction of sp³-hybridized carbons (Fsp3) is 0.286. The Balaban J connectivity index is 2.39. The average molecular weight is 242 g/mol. The lowest BCUT2D eigenvalue weighted by molar-refractivity contribution is 0.0890. The van der Waals surface area contributed by atoms with Gasteiger partial charge >= 0.3 is 0 Å². The lowest BCUT2D eigenvalue weighted by Gasteiger charge is -2.14. The summed E-state index contributed by atoms with van der Waals surface area (Å²) >= 11 is 0. The molecule has 0 saturated carbocycles. The van der Waals surface area contributed by atoms with Gasteiger partial charge in [-0.2, -0.15) is 5.26 Å². The van der Waals surface area contributed by atoms with Crippen molar-refractivity contribution in [2.24, 2.45) is 0 Å². The normalized spacial score (nSPS) is 12.1. The van der Waals surface area contributed by atoms with Crippen LogP contribution in [0, 0.1) is 11.3 Å². The van der Waals surface area contributed by atoms with Gasteiger partial charge in [-0.3, -0.25) is 0 Å². The third-order valence-corrected chi connectivity index (χ3v) is 2.52. The summed E-state index contributed by atoms with van der Waals surface area (Å²) in [6, 6.07) is 11.5. The van der Waals surface area contributed by atoms with Crippen molar-refractivity contribution in [1.29, 1.82) is 5.26 Å². The number of nitriles is 1. The summed E-state index contributed by atoms with van der Waals surface area (Å²) in [6.45, 7) is 2.33. The van der Waals surface area contributed by atoms with Gasteiger partial charge in [0.2, 0.25) is 5.88 Å². The molecular formula is C14H14N2O2. The highest BCUT2D eigenvalue weighted by atomic mass is 16.5. The molecular weight excluding hydrogens is 228 g/mol. The Kier molecular flexibility index (Phi) is 3.75. The number of hydrogen-bond donors (Lipinski definition) is 0. The third-order valence-electron chi connectivity index (χ3n) is 2.52. The van der Waals surface area contributed by atoms with Crippen LogP contribution in [-0.2, 0) is 4.74 Å². The van der Waals surface area contributed by atoms with Crippen LogP contribution in [0.1, 0.15) is 12.5 Å². The molecule has 0 N–H and O–H groups in total. The second kappa shape index (κ2) is 5.48. The molecule has 2 aromatic rings. The van der Waals surface area contributed by atoms with Crippen LogP contribution in [0.15, 0.2) is 30.3 Å². The van der Waals surface area contributed by atoms with Gasteiger partial charge in [0, 0.05) is 12.5 Å². The van der Waals surface area contributed by atoms with Crippen LogP contribution in [0.5, 0.6) is 5.88 Å². The SMILES string of the molecule is COCC(C)Oc1nc2ccccc2cc1C#N.